The molecule has 3 aliphatic rings. The van der Waals surface area contributed by atoms with Gasteiger partial charge < -0.3 is 15.0 Å². The lowest BCUT2D eigenvalue weighted by Gasteiger charge is -2.47. The second-order valence-corrected chi connectivity index (χ2v) is 18.5. The van der Waals surface area contributed by atoms with Crippen LogP contribution in [0.25, 0.3) is 0 Å². The summed E-state index contributed by atoms with van der Waals surface area (Å²) in [7, 11) is 4.37. The number of hydrogen-bond acceptors (Lipinski definition) is 4. The largest absolute Gasteiger partial charge is 0.378 e. The highest BCUT2D eigenvalue weighted by atomic mass is 16.5. The smallest absolute Gasteiger partial charge is 0.0687 e. The molecule has 2 aliphatic carbocycles. The zero-order valence-corrected chi connectivity index (χ0v) is 41.2. The summed E-state index contributed by atoms with van der Waals surface area (Å²) in [4.78, 5) is 7.92. The monoisotopic (exact) mass is 786 g/mol. The third-order valence-electron chi connectivity index (χ3n) is 14.0. The highest BCUT2D eigenvalue weighted by Gasteiger charge is 2.44. The Hall–Kier alpha value is -1.15. The molecule has 0 saturated heterocycles. The number of allylic oxidation sites excluding steroid dienone is 1. The normalized spacial score (nSPS) is 33.1. The summed E-state index contributed by atoms with van der Waals surface area (Å²) in [5.41, 5.74) is 2.71. The summed E-state index contributed by atoms with van der Waals surface area (Å²) >= 11 is 0. The molecule has 1 heterocycles. The first kappa shape index (κ1) is 56.9. The average Bonchev–Trinajstić information content (AvgIpc) is 3.40. The minimum Gasteiger partial charge on any atom is -0.378 e. The van der Waals surface area contributed by atoms with Crippen molar-refractivity contribution in [3.8, 4) is 12.8 Å². The van der Waals surface area contributed by atoms with Crippen molar-refractivity contribution in [3.05, 3.63) is 12.2 Å². The zero-order chi connectivity index (χ0) is 43.4. The van der Waals surface area contributed by atoms with Crippen LogP contribution in [0, 0.1) is 66.1 Å². The van der Waals surface area contributed by atoms with Crippen LogP contribution in [0.2, 0.25) is 0 Å². The second kappa shape index (κ2) is 32.7. The number of unbranched alkanes of at least 4 members (excludes halogenated alkanes) is 3. The van der Waals surface area contributed by atoms with Crippen LogP contribution in [-0.2, 0) is 4.74 Å². The van der Waals surface area contributed by atoms with Gasteiger partial charge in [-0.1, -0.05) is 148 Å². The van der Waals surface area contributed by atoms with E-state index in [1.807, 2.05) is 34.8 Å². The lowest BCUT2D eigenvalue weighted by Crippen LogP contribution is -2.48. The molecule has 0 aromatic rings. The van der Waals surface area contributed by atoms with Crippen LogP contribution in [0.15, 0.2) is 17.1 Å². The van der Waals surface area contributed by atoms with Gasteiger partial charge in [0.1, 0.15) is 0 Å². The van der Waals surface area contributed by atoms with Crippen LogP contribution >= 0.6 is 0 Å². The Morgan fingerprint density at radius 1 is 0.893 bits per heavy atom. The van der Waals surface area contributed by atoms with Gasteiger partial charge in [0.15, 0.2) is 0 Å². The molecule has 8 unspecified atom stereocenters. The van der Waals surface area contributed by atoms with Gasteiger partial charge in [0.25, 0.3) is 0 Å². The summed E-state index contributed by atoms with van der Waals surface area (Å²) in [5.74, 6) is 5.69. The number of ether oxygens (including phenoxy) is 1. The molecular weight excluding hydrogens is 683 g/mol. The summed E-state index contributed by atoms with van der Waals surface area (Å²) < 4.78 is 6.67. The van der Waals surface area contributed by atoms with E-state index in [4.69, 9.17) is 9.73 Å². The van der Waals surface area contributed by atoms with E-state index in [0.29, 0.717) is 41.5 Å². The molecule has 3 rings (SSSR count). The van der Waals surface area contributed by atoms with Crippen molar-refractivity contribution in [2.24, 2.45) is 58.3 Å². The highest BCUT2D eigenvalue weighted by molar-refractivity contribution is 5.89. The van der Waals surface area contributed by atoms with Crippen molar-refractivity contribution in [1.29, 1.82) is 0 Å². The molecule has 2 bridgehead atoms. The van der Waals surface area contributed by atoms with Gasteiger partial charge in [0.05, 0.1) is 12.1 Å². The summed E-state index contributed by atoms with van der Waals surface area (Å²) in [6.07, 6.45) is 27.6. The van der Waals surface area contributed by atoms with E-state index < -0.39 is 0 Å². The Bertz CT molecular complexity index is 1010. The Balaban J connectivity index is 0. The molecule has 56 heavy (non-hydrogen) atoms. The Kier molecular flexibility index (Phi) is 33.2. The fraction of sp³-hybridized carbons (Fsp3) is 0.904. The van der Waals surface area contributed by atoms with E-state index in [9.17, 15) is 0 Å². The van der Waals surface area contributed by atoms with E-state index in [1.54, 1.807) is 0 Å². The number of nitrogens with one attached hydrogen (secondary N) is 1. The van der Waals surface area contributed by atoms with Gasteiger partial charge in [0, 0.05) is 37.4 Å². The number of rotatable bonds is 12. The molecule has 0 aromatic heterocycles. The Morgan fingerprint density at radius 3 is 2.09 bits per heavy atom. The molecule has 2 fully saturated rings. The molecule has 4 nitrogen and oxygen atoms in total. The molecule has 2 saturated carbocycles. The predicted octanol–water partition coefficient (Wildman–Crippen LogP) is 14.6. The first-order chi connectivity index (χ1) is 26.7. The maximum absolute atomic E-state index is 6.67. The lowest BCUT2D eigenvalue weighted by molar-refractivity contribution is -0.0852. The fourth-order valence-corrected chi connectivity index (χ4v) is 10.3. The van der Waals surface area contributed by atoms with E-state index in [2.05, 4.69) is 113 Å². The molecule has 4 heteroatoms. The van der Waals surface area contributed by atoms with Gasteiger partial charge in [0.2, 0.25) is 0 Å². The first-order valence-corrected chi connectivity index (χ1v) is 24.2. The van der Waals surface area contributed by atoms with Crippen LogP contribution in [0.5, 0.6) is 0 Å². The quantitative estimate of drug-likeness (QED) is 0.122. The van der Waals surface area contributed by atoms with Gasteiger partial charge in [-0.25, -0.2) is 0 Å². The van der Waals surface area contributed by atoms with Crippen LogP contribution in [0.4, 0.5) is 0 Å². The third-order valence-corrected chi connectivity index (χ3v) is 14.0. The molecule has 332 valence electrons. The Labute approximate surface area is 354 Å². The number of fused-ring (bicyclic) bond motifs is 2. The van der Waals surface area contributed by atoms with E-state index in [0.717, 1.165) is 49.7 Å². The van der Waals surface area contributed by atoms with E-state index in [1.165, 1.54) is 101 Å². The van der Waals surface area contributed by atoms with E-state index >= 15 is 0 Å². The van der Waals surface area contributed by atoms with Gasteiger partial charge >= 0.3 is 0 Å². The molecule has 0 spiro atoms. The third kappa shape index (κ3) is 20.2. The van der Waals surface area contributed by atoms with E-state index in [-0.39, 0.29) is 5.60 Å². The number of aliphatic imine (C=N–C) groups is 1. The van der Waals surface area contributed by atoms with Crippen LogP contribution in [0.1, 0.15) is 200 Å². The van der Waals surface area contributed by atoms with Gasteiger partial charge in [-0.3, -0.25) is 4.99 Å². The Morgan fingerprint density at radius 2 is 1.52 bits per heavy atom. The zero-order valence-electron chi connectivity index (χ0n) is 41.2. The topological polar surface area (TPSA) is 36.9 Å². The van der Waals surface area contributed by atoms with Crippen LogP contribution in [-0.4, -0.2) is 62.1 Å². The highest BCUT2D eigenvalue weighted by Crippen LogP contribution is 2.45. The van der Waals surface area contributed by atoms with Crippen molar-refractivity contribution in [2.45, 2.75) is 218 Å². The summed E-state index contributed by atoms with van der Waals surface area (Å²) in [6.45, 7) is 42.2. The van der Waals surface area contributed by atoms with Crippen molar-refractivity contribution in [3.63, 3.8) is 0 Å². The average molecular weight is 786 g/mol. The standard InChI is InChI=1S/C37H69N3O.C9H20.2C2H6.C2H2/c1-12-13-18-40(10)33-20-25(2)19-32(22-33)23-34-29(6)21-28(5)26(3)14-15-27(4)35-31(8)36(39-17-16-38-35)30(7)24-37(34,9)41-11;1-4-6-7-8-9(3)5-2;3*1-2/h25,27-35,38H,3,12-24H2,1-2,4-11H3;9H,4-8H2,1-3H3;2*1-2H3;1-2H/t25?,27?,28?,29-,30+,31?,32?,33?,34+,35?,37+;;;;/m0..../s1. The fourth-order valence-electron chi connectivity index (χ4n) is 10.3. The molecular formula is C52H103N3O. The SMILES string of the molecule is C#C.C=C1CCC(C)C2NCCN=C(C2C)[C@H](C)C[C@@](C)(OC)[C@H](CC2CC(C)CC(N(C)CCCC)C2)[C@@H](C)CC1C.CC.CC.CCCCCC(C)CC. The number of nitrogens with zero attached hydrogens (tertiary/aromatic N) is 2. The molecule has 1 N–H and O–H groups in total. The minimum absolute atomic E-state index is 0.169. The van der Waals surface area contributed by atoms with Crippen LogP contribution < -0.4 is 5.32 Å². The van der Waals surface area contributed by atoms with Crippen LogP contribution in [0.3, 0.4) is 0 Å². The van der Waals surface area contributed by atoms with Crippen molar-refractivity contribution < 1.29 is 4.74 Å². The number of methoxy groups -OCH3 is 1. The first-order valence-electron chi connectivity index (χ1n) is 24.2. The summed E-state index contributed by atoms with van der Waals surface area (Å²) in [6, 6.07) is 1.21. The predicted molar refractivity (Wildman–Crippen MR) is 255 cm³/mol. The molecule has 1 aliphatic heterocycles. The molecule has 0 amide bonds. The minimum atomic E-state index is -0.169. The number of hydrogen-bond donors (Lipinski definition) is 1. The van der Waals surface area contributed by atoms with Gasteiger partial charge in [-0.15, -0.1) is 12.8 Å². The second-order valence-electron chi connectivity index (χ2n) is 18.5. The number of terminal acetylenes is 1. The van der Waals surface area contributed by atoms with Gasteiger partial charge in [-0.05, 0) is 126 Å². The van der Waals surface area contributed by atoms with Crippen molar-refractivity contribution in [1.82, 2.24) is 10.2 Å². The maximum atomic E-state index is 6.67. The summed E-state index contributed by atoms with van der Waals surface area (Å²) in [5, 5.41) is 3.89. The van der Waals surface area contributed by atoms with Crippen molar-refractivity contribution >= 4 is 5.71 Å². The van der Waals surface area contributed by atoms with Gasteiger partial charge in [-0.2, -0.15) is 0 Å². The van der Waals surface area contributed by atoms with Crippen molar-refractivity contribution in [2.75, 3.05) is 33.8 Å². The molecule has 0 aromatic carbocycles. The lowest BCUT2D eigenvalue weighted by atomic mass is 9.65. The molecule has 0 radical (unpaired) electrons. The maximum Gasteiger partial charge on any atom is 0.0687 e. The molecule has 12 atom stereocenters.